The normalized spacial score (nSPS) is 12.0. The number of aromatic nitrogens is 2. The van der Waals surface area contributed by atoms with Crippen LogP contribution in [-0.2, 0) is 13.1 Å². The third kappa shape index (κ3) is 5.28. The molecule has 2 N–H and O–H groups in total. The standard InChI is InChI=1S/C12H23N3O/c1-4-6-13-8-11-9-15(10-14-11)7-5-12(2,3)16/h9-10,13,16H,4-8H2,1-3H3. The molecule has 16 heavy (non-hydrogen) atoms. The first kappa shape index (κ1) is 13.2. The van der Waals surface area contributed by atoms with E-state index in [1.54, 1.807) is 0 Å². The molecule has 4 nitrogen and oxygen atoms in total. The number of aryl methyl sites for hydroxylation is 1. The van der Waals surface area contributed by atoms with Crippen molar-refractivity contribution >= 4 is 0 Å². The fourth-order valence-electron chi connectivity index (χ4n) is 1.42. The summed E-state index contributed by atoms with van der Waals surface area (Å²) < 4.78 is 2.03. The summed E-state index contributed by atoms with van der Waals surface area (Å²) in [6.45, 7) is 8.46. The maximum Gasteiger partial charge on any atom is 0.0949 e. The van der Waals surface area contributed by atoms with Crippen LogP contribution in [0.5, 0.6) is 0 Å². The van der Waals surface area contributed by atoms with Gasteiger partial charge in [-0.1, -0.05) is 6.92 Å². The SMILES string of the molecule is CCCNCc1cn(CCC(C)(C)O)cn1. The minimum atomic E-state index is -0.606. The molecule has 0 aliphatic carbocycles. The predicted octanol–water partition coefficient (Wildman–Crippen LogP) is 1.54. The highest BCUT2D eigenvalue weighted by molar-refractivity contribution is 4.96. The molecule has 1 rings (SSSR count). The van der Waals surface area contributed by atoms with Crippen molar-refractivity contribution in [2.75, 3.05) is 6.54 Å². The largest absolute Gasteiger partial charge is 0.390 e. The average molecular weight is 225 g/mol. The molecule has 0 aliphatic rings. The molecule has 0 amide bonds. The van der Waals surface area contributed by atoms with Crippen LogP contribution in [-0.4, -0.2) is 26.8 Å². The van der Waals surface area contributed by atoms with E-state index in [-0.39, 0.29) is 0 Å². The van der Waals surface area contributed by atoms with Gasteiger partial charge in [-0.3, -0.25) is 0 Å². The van der Waals surface area contributed by atoms with Crippen LogP contribution in [0.3, 0.4) is 0 Å². The quantitative estimate of drug-likeness (QED) is 0.692. The highest BCUT2D eigenvalue weighted by Gasteiger charge is 2.12. The maximum atomic E-state index is 9.61. The van der Waals surface area contributed by atoms with Crippen LogP contribution >= 0.6 is 0 Å². The van der Waals surface area contributed by atoms with E-state index >= 15 is 0 Å². The van der Waals surface area contributed by atoms with Gasteiger partial charge in [-0.25, -0.2) is 4.98 Å². The topological polar surface area (TPSA) is 50.1 Å². The van der Waals surface area contributed by atoms with E-state index in [0.29, 0.717) is 0 Å². The fourth-order valence-corrected chi connectivity index (χ4v) is 1.42. The lowest BCUT2D eigenvalue weighted by Gasteiger charge is -2.16. The van der Waals surface area contributed by atoms with E-state index in [9.17, 15) is 5.11 Å². The Morgan fingerprint density at radius 3 is 2.88 bits per heavy atom. The van der Waals surface area contributed by atoms with Gasteiger partial charge in [0.15, 0.2) is 0 Å². The molecule has 0 saturated carbocycles. The summed E-state index contributed by atoms with van der Waals surface area (Å²) in [5, 5.41) is 12.9. The molecule has 0 aromatic carbocycles. The van der Waals surface area contributed by atoms with Crippen LogP contribution in [0.1, 0.15) is 39.3 Å². The van der Waals surface area contributed by atoms with Crippen LogP contribution in [0.4, 0.5) is 0 Å². The van der Waals surface area contributed by atoms with E-state index in [2.05, 4.69) is 17.2 Å². The molecule has 1 aromatic rings. The van der Waals surface area contributed by atoms with E-state index < -0.39 is 5.60 Å². The van der Waals surface area contributed by atoms with Gasteiger partial charge in [-0.05, 0) is 33.2 Å². The van der Waals surface area contributed by atoms with Crippen LogP contribution in [0.25, 0.3) is 0 Å². The second kappa shape index (κ2) is 6.01. The zero-order valence-electron chi connectivity index (χ0n) is 10.5. The van der Waals surface area contributed by atoms with Crippen molar-refractivity contribution in [3.05, 3.63) is 18.2 Å². The molecule has 4 heteroatoms. The zero-order chi connectivity index (χ0) is 12.0. The van der Waals surface area contributed by atoms with Gasteiger partial charge < -0.3 is 15.0 Å². The number of hydrogen-bond acceptors (Lipinski definition) is 3. The summed E-state index contributed by atoms with van der Waals surface area (Å²) in [6.07, 6.45) is 5.74. The van der Waals surface area contributed by atoms with E-state index in [0.717, 1.165) is 38.2 Å². The molecule has 0 unspecified atom stereocenters. The Morgan fingerprint density at radius 2 is 2.25 bits per heavy atom. The monoisotopic (exact) mass is 225 g/mol. The molecule has 0 saturated heterocycles. The third-order valence-corrected chi connectivity index (χ3v) is 2.40. The van der Waals surface area contributed by atoms with Crippen LogP contribution in [0.2, 0.25) is 0 Å². The smallest absolute Gasteiger partial charge is 0.0949 e. The third-order valence-electron chi connectivity index (χ3n) is 2.40. The Balaban J connectivity index is 2.33. The zero-order valence-corrected chi connectivity index (χ0v) is 10.5. The molecule has 92 valence electrons. The average Bonchev–Trinajstić information content (AvgIpc) is 2.62. The van der Waals surface area contributed by atoms with Crippen molar-refractivity contribution < 1.29 is 5.11 Å². The maximum absolute atomic E-state index is 9.61. The summed E-state index contributed by atoms with van der Waals surface area (Å²) in [4.78, 5) is 4.31. The summed E-state index contributed by atoms with van der Waals surface area (Å²) in [6, 6.07) is 0. The number of rotatable bonds is 7. The van der Waals surface area contributed by atoms with E-state index in [4.69, 9.17) is 0 Å². The molecule has 0 aliphatic heterocycles. The highest BCUT2D eigenvalue weighted by atomic mass is 16.3. The Hall–Kier alpha value is -0.870. The highest BCUT2D eigenvalue weighted by Crippen LogP contribution is 2.09. The van der Waals surface area contributed by atoms with E-state index in [1.807, 2.05) is 30.9 Å². The van der Waals surface area contributed by atoms with Crippen molar-refractivity contribution in [3.63, 3.8) is 0 Å². The number of nitrogens with zero attached hydrogens (tertiary/aromatic N) is 2. The number of hydrogen-bond donors (Lipinski definition) is 2. The Kier molecular flexibility index (Phi) is 4.96. The van der Waals surface area contributed by atoms with Crippen molar-refractivity contribution in [2.45, 2.75) is 52.3 Å². The lowest BCUT2D eigenvalue weighted by molar-refractivity contribution is 0.0662. The molecular weight excluding hydrogens is 202 g/mol. The minimum Gasteiger partial charge on any atom is -0.390 e. The molecule has 0 bridgehead atoms. The summed E-state index contributed by atoms with van der Waals surface area (Å²) in [7, 11) is 0. The molecule has 0 atom stereocenters. The minimum absolute atomic E-state index is 0.606. The molecule has 1 aromatic heterocycles. The van der Waals surface area contributed by atoms with Crippen LogP contribution < -0.4 is 5.32 Å². The summed E-state index contributed by atoms with van der Waals surface area (Å²) in [5.74, 6) is 0. The summed E-state index contributed by atoms with van der Waals surface area (Å²) in [5.41, 5.74) is 0.453. The number of nitrogens with one attached hydrogen (secondary N) is 1. The Labute approximate surface area is 97.7 Å². The summed E-state index contributed by atoms with van der Waals surface area (Å²) >= 11 is 0. The van der Waals surface area contributed by atoms with Gasteiger partial charge in [0.1, 0.15) is 0 Å². The second-order valence-corrected chi connectivity index (χ2v) is 4.84. The Bertz CT molecular complexity index is 301. The molecule has 0 spiro atoms. The van der Waals surface area contributed by atoms with Gasteiger partial charge in [0.2, 0.25) is 0 Å². The van der Waals surface area contributed by atoms with Gasteiger partial charge >= 0.3 is 0 Å². The number of aliphatic hydroxyl groups is 1. The first-order valence-corrected chi connectivity index (χ1v) is 5.95. The number of imidazole rings is 1. The molecule has 1 heterocycles. The molecular formula is C12H23N3O. The van der Waals surface area contributed by atoms with Gasteiger partial charge in [0.25, 0.3) is 0 Å². The van der Waals surface area contributed by atoms with Crippen LogP contribution in [0, 0.1) is 0 Å². The lowest BCUT2D eigenvalue weighted by Crippen LogP contribution is -2.20. The van der Waals surface area contributed by atoms with E-state index in [1.165, 1.54) is 0 Å². The fraction of sp³-hybridized carbons (Fsp3) is 0.750. The van der Waals surface area contributed by atoms with Crippen LogP contribution in [0.15, 0.2) is 12.5 Å². The van der Waals surface area contributed by atoms with Gasteiger partial charge in [-0.15, -0.1) is 0 Å². The van der Waals surface area contributed by atoms with Crippen molar-refractivity contribution in [3.8, 4) is 0 Å². The van der Waals surface area contributed by atoms with Gasteiger partial charge in [0.05, 0.1) is 17.6 Å². The first-order chi connectivity index (χ1) is 7.51. The van der Waals surface area contributed by atoms with Gasteiger partial charge in [-0.2, -0.15) is 0 Å². The molecule has 0 radical (unpaired) electrons. The Morgan fingerprint density at radius 1 is 1.50 bits per heavy atom. The van der Waals surface area contributed by atoms with Crippen molar-refractivity contribution in [1.29, 1.82) is 0 Å². The lowest BCUT2D eigenvalue weighted by atomic mass is 10.1. The first-order valence-electron chi connectivity index (χ1n) is 5.95. The van der Waals surface area contributed by atoms with Gasteiger partial charge in [0, 0.05) is 19.3 Å². The predicted molar refractivity (Wildman–Crippen MR) is 65.1 cm³/mol. The van der Waals surface area contributed by atoms with Crippen molar-refractivity contribution in [2.24, 2.45) is 0 Å². The second-order valence-electron chi connectivity index (χ2n) is 4.84. The van der Waals surface area contributed by atoms with Crippen molar-refractivity contribution in [1.82, 2.24) is 14.9 Å². The molecule has 0 fully saturated rings.